The number of carbonyl (C=O) groups excluding carboxylic acids is 1. The van der Waals surface area contributed by atoms with Gasteiger partial charge in [-0.1, -0.05) is 23.7 Å². The lowest BCUT2D eigenvalue weighted by molar-refractivity contribution is -0.113. The van der Waals surface area contributed by atoms with Crippen molar-refractivity contribution in [2.45, 2.75) is 10.6 Å². The molecular formula is C18H18ClNO3S2. The van der Waals surface area contributed by atoms with Crippen molar-refractivity contribution >= 4 is 46.7 Å². The lowest BCUT2D eigenvalue weighted by atomic mass is 10.2. The highest BCUT2D eigenvalue weighted by Gasteiger charge is 2.16. The summed E-state index contributed by atoms with van der Waals surface area (Å²) < 4.78 is 11.1. The van der Waals surface area contributed by atoms with Gasteiger partial charge in [-0.3, -0.25) is 4.79 Å². The van der Waals surface area contributed by atoms with Gasteiger partial charge in [0.05, 0.1) is 16.5 Å². The molecule has 0 fully saturated rings. The van der Waals surface area contributed by atoms with Gasteiger partial charge in [-0.05, 0) is 36.1 Å². The number of thioether (sulfide) groups is 2. The number of hydrogen-bond donors (Lipinski definition) is 1. The minimum absolute atomic E-state index is 0.0184. The zero-order valence-corrected chi connectivity index (χ0v) is 16.1. The summed E-state index contributed by atoms with van der Waals surface area (Å²) in [5.74, 6) is 2.30. The average Bonchev–Trinajstić information content (AvgIpc) is 2.62. The fourth-order valence-corrected chi connectivity index (χ4v) is 4.05. The Kier molecular flexibility index (Phi) is 6.39. The van der Waals surface area contributed by atoms with Crippen molar-refractivity contribution in [1.29, 1.82) is 0 Å². The number of anilines is 1. The minimum Gasteiger partial charge on any atom is -0.486 e. The molecule has 0 bridgehead atoms. The number of carbonyl (C=O) groups is 1. The van der Waals surface area contributed by atoms with E-state index in [0.717, 1.165) is 16.1 Å². The number of fused-ring (bicyclic) bond motifs is 1. The van der Waals surface area contributed by atoms with Gasteiger partial charge in [0.15, 0.2) is 11.5 Å². The van der Waals surface area contributed by atoms with Gasteiger partial charge in [0.2, 0.25) is 5.91 Å². The number of benzene rings is 2. The molecule has 0 saturated carbocycles. The molecule has 0 atom stereocenters. The molecule has 25 heavy (non-hydrogen) atoms. The molecule has 1 amide bonds. The summed E-state index contributed by atoms with van der Waals surface area (Å²) in [7, 11) is 0. The molecule has 7 heteroatoms. The molecule has 0 spiro atoms. The number of rotatable bonds is 6. The highest BCUT2D eigenvalue weighted by molar-refractivity contribution is 7.99. The third kappa shape index (κ3) is 4.77. The summed E-state index contributed by atoms with van der Waals surface area (Å²) in [6, 6.07) is 11.6. The van der Waals surface area contributed by atoms with E-state index < -0.39 is 0 Å². The monoisotopic (exact) mass is 395 g/mol. The van der Waals surface area contributed by atoms with Crippen LogP contribution in [0.2, 0.25) is 5.02 Å². The van der Waals surface area contributed by atoms with Crippen molar-refractivity contribution in [2.75, 3.05) is 30.5 Å². The second-order valence-electron chi connectivity index (χ2n) is 5.34. The number of halogens is 1. The molecular weight excluding hydrogens is 378 g/mol. The van der Waals surface area contributed by atoms with Crippen molar-refractivity contribution in [3.05, 3.63) is 47.0 Å². The Morgan fingerprint density at radius 3 is 2.88 bits per heavy atom. The normalized spacial score (nSPS) is 12.7. The fourth-order valence-electron chi connectivity index (χ4n) is 2.44. The van der Waals surface area contributed by atoms with Crippen LogP contribution in [0.5, 0.6) is 11.5 Å². The standard InChI is InChI=1S/C18H18ClNO3S2/c1-24-16-5-3-2-4-14(16)20-17(21)11-25-10-12-8-13(19)18-15(9-12)22-6-7-23-18/h2-5,8-9H,6-7,10-11H2,1H3,(H,20,21). The van der Waals surface area contributed by atoms with Crippen LogP contribution in [0.3, 0.4) is 0 Å². The maximum absolute atomic E-state index is 12.2. The molecule has 1 N–H and O–H groups in total. The van der Waals surface area contributed by atoms with Gasteiger partial charge in [0, 0.05) is 10.6 Å². The van der Waals surface area contributed by atoms with Gasteiger partial charge in [-0.15, -0.1) is 23.5 Å². The average molecular weight is 396 g/mol. The molecule has 132 valence electrons. The SMILES string of the molecule is CSc1ccccc1NC(=O)CSCc1cc(Cl)c2c(c1)OCCO2. The topological polar surface area (TPSA) is 47.6 Å². The van der Waals surface area contributed by atoms with Gasteiger partial charge in [0.25, 0.3) is 0 Å². The third-order valence-electron chi connectivity index (χ3n) is 3.54. The Labute approximate surface area is 160 Å². The maximum Gasteiger partial charge on any atom is 0.234 e. The Bertz CT molecular complexity index is 770. The summed E-state index contributed by atoms with van der Waals surface area (Å²) in [5, 5.41) is 3.51. The molecule has 0 unspecified atom stereocenters. The van der Waals surface area contributed by atoms with Gasteiger partial charge < -0.3 is 14.8 Å². The van der Waals surface area contributed by atoms with Crippen LogP contribution in [0.4, 0.5) is 5.69 Å². The third-order valence-corrected chi connectivity index (χ3v) is 5.62. The first-order valence-corrected chi connectivity index (χ1v) is 10.5. The summed E-state index contributed by atoms with van der Waals surface area (Å²) >= 11 is 9.38. The first-order valence-electron chi connectivity index (χ1n) is 7.76. The molecule has 2 aromatic carbocycles. The first kappa shape index (κ1) is 18.3. The summed E-state index contributed by atoms with van der Waals surface area (Å²) in [5.41, 5.74) is 1.86. The zero-order valence-electron chi connectivity index (χ0n) is 13.7. The Morgan fingerprint density at radius 2 is 2.04 bits per heavy atom. The molecule has 2 aromatic rings. The first-order chi connectivity index (χ1) is 12.2. The lowest BCUT2D eigenvalue weighted by Gasteiger charge is -2.20. The van der Waals surface area contributed by atoms with Gasteiger partial charge in [0.1, 0.15) is 13.2 Å². The van der Waals surface area contributed by atoms with Gasteiger partial charge in [-0.25, -0.2) is 0 Å². The van der Waals surface area contributed by atoms with Crippen molar-refractivity contribution in [2.24, 2.45) is 0 Å². The molecule has 0 radical (unpaired) electrons. The molecule has 3 rings (SSSR count). The Balaban J connectivity index is 1.54. The lowest BCUT2D eigenvalue weighted by Crippen LogP contribution is -2.16. The molecule has 1 aliphatic heterocycles. The van der Waals surface area contributed by atoms with E-state index in [2.05, 4.69) is 5.32 Å². The van der Waals surface area contributed by atoms with E-state index in [0.29, 0.717) is 41.2 Å². The van der Waals surface area contributed by atoms with Crippen LogP contribution in [-0.4, -0.2) is 31.1 Å². The van der Waals surface area contributed by atoms with E-state index in [1.807, 2.05) is 42.7 Å². The highest BCUT2D eigenvalue weighted by Crippen LogP contribution is 2.39. The van der Waals surface area contributed by atoms with Crippen molar-refractivity contribution in [3.63, 3.8) is 0 Å². The van der Waals surface area contributed by atoms with E-state index in [1.165, 1.54) is 11.8 Å². The quantitative estimate of drug-likeness (QED) is 0.718. The summed E-state index contributed by atoms with van der Waals surface area (Å²) in [6.07, 6.45) is 1.99. The molecule has 0 aromatic heterocycles. The molecule has 4 nitrogen and oxygen atoms in total. The minimum atomic E-state index is -0.0184. The van der Waals surface area contributed by atoms with E-state index in [1.54, 1.807) is 11.8 Å². The molecule has 0 aliphatic carbocycles. The van der Waals surface area contributed by atoms with Crippen LogP contribution in [0.15, 0.2) is 41.3 Å². The summed E-state index contributed by atoms with van der Waals surface area (Å²) in [6.45, 7) is 1.04. The predicted molar refractivity (Wildman–Crippen MR) is 105 cm³/mol. The number of amides is 1. The highest BCUT2D eigenvalue weighted by atomic mass is 35.5. The second-order valence-corrected chi connectivity index (χ2v) is 7.58. The van der Waals surface area contributed by atoms with Crippen LogP contribution in [0.25, 0.3) is 0 Å². The van der Waals surface area contributed by atoms with Crippen molar-refractivity contribution < 1.29 is 14.3 Å². The van der Waals surface area contributed by atoms with Crippen LogP contribution in [0.1, 0.15) is 5.56 Å². The van der Waals surface area contributed by atoms with E-state index in [4.69, 9.17) is 21.1 Å². The number of ether oxygens (including phenoxy) is 2. The smallest absolute Gasteiger partial charge is 0.234 e. The zero-order chi connectivity index (χ0) is 17.6. The molecule has 1 aliphatic rings. The van der Waals surface area contributed by atoms with Crippen LogP contribution < -0.4 is 14.8 Å². The second kappa shape index (κ2) is 8.74. The fraction of sp³-hybridized carbons (Fsp3) is 0.278. The number of nitrogens with one attached hydrogen (secondary N) is 1. The van der Waals surface area contributed by atoms with E-state index in [9.17, 15) is 4.79 Å². The predicted octanol–water partition coefficient (Wildman–Crippen LogP) is 4.71. The van der Waals surface area contributed by atoms with Crippen LogP contribution in [-0.2, 0) is 10.5 Å². The van der Waals surface area contributed by atoms with E-state index >= 15 is 0 Å². The van der Waals surface area contributed by atoms with Gasteiger partial charge in [-0.2, -0.15) is 0 Å². The Morgan fingerprint density at radius 1 is 1.24 bits per heavy atom. The number of hydrogen-bond acceptors (Lipinski definition) is 5. The van der Waals surface area contributed by atoms with Crippen molar-refractivity contribution in [1.82, 2.24) is 0 Å². The Hall–Kier alpha value is -1.50. The maximum atomic E-state index is 12.2. The van der Waals surface area contributed by atoms with Crippen LogP contribution >= 0.6 is 35.1 Å². The van der Waals surface area contributed by atoms with Crippen LogP contribution in [0, 0.1) is 0 Å². The van der Waals surface area contributed by atoms with Crippen molar-refractivity contribution in [3.8, 4) is 11.5 Å². The molecule has 0 saturated heterocycles. The molecule has 1 heterocycles. The number of para-hydroxylation sites is 1. The van der Waals surface area contributed by atoms with Gasteiger partial charge >= 0.3 is 0 Å². The largest absolute Gasteiger partial charge is 0.486 e. The van der Waals surface area contributed by atoms with E-state index in [-0.39, 0.29) is 5.91 Å². The summed E-state index contributed by atoms with van der Waals surface area (Å²) in [4.78, 5) is 13.2.